The van der Waals surface area contributed by atoms with E-state index in [4.69, 9.17) is 0 Å². The first kappa shape index (κ1) is 29.3. The molecule has 0 bridgehead atoms. The molecule has 4 aromatic carbocycles. The normalized spacial score (nSPS) is 22.8. The summed E-state index contributed by atoms with van der Waals surface area (Å²) >= 11 is 0. The lowest BCUT2D eigenvalue weighted by Gasteiger charge is -2.28. The molecule has 1 fully saturated rings. The van der Waals surface area contributed by atoms with Crippen molar-refractivity contribution in [2.24, 2.45) is 0 Å². The van der Waals surface area contributed by atoms with Gasteiger partial charge in [-0.1, -0.05) is 126 Å². The molecule has 3 aliphatic rings. The standard InChI is InChI=1S/C46H44N2/c1-7-44-39-25-23-34(32-17-11-9-12-18-32)28-37(39)41-26-24-35(43(4,5)6)29-47(41)45(44,8-2)46(44)40-22-16-15-21-36(40)42-27-31(3)38(30-48(42)46)33-19-13-10-14-20-33/h9-30H,7-8H2,1-6H3/q+2. The number of rotatable bonds is 4. The molecule has 0 N–H and O–H groups in total. The molecule has 6 aromatic rings. The molecule has 236 valence electrons. The molecule has 2 heteroatoms. The second-order valence-corrected chi connectivity index (χ2v) is 15.3. The van der Waals surface area contributed by atoms with E-state index in [2.05, 4.69) is 184 Å². The summed E-state index contributed by atoms with van der Waals surface area (Å²) in [7, 11) is 0. The maximum atomic E-state index is 2.76. The molecular weight excluding hydrogens is 581 g/mol. The number of hydrogen-bond acceptors (Lipinski definition) is 0. The van der Waals surface area contributed by atoms with Crippen LogP contribution in [-0.2, 0) is 21.9 Å². The largest absolute Gasteiger partial charge is 0.275 e. The first-order chi connectivity index (χ1) is 23.2. The van der Waals surface area contributed by atoms with Crippen molar-refractivity contribution in [3.63, 3.8) is 0 Å². The van der Waals surface area contributed by atoms with Crippen LogP contribution in [0.2, 0.25) is 0 Å². The van der Waals surface area contributed by atoms with Crippen molar-refractivity contribution in [1.29, 1.82) is 0 Å². The zero-order valence-electron chi connectivity index (χ0n) is 29.0. The number of pyridine rings is 2. The van der Waals surface area contributed by atoms with Crippen LogP contribution in [0.15, 0.2) is 134 Å². The monoisotopic (exact) mass is 624 g/mol. The van der Waals surface area contributed by atoms with Crippen LogP contribution in [0.25, 0.3) is 44.8 Å². The van der Waals surface area contributed by atoms with Crippen LogP contribution in [0.5, 0.6) is 0 Å². The van der Waals surface area contributed by atoms with Crippen LogP contribution in [0.1, 0.15) is 69.7 Å². The molecule has 2 aromatic heterocycles. The maximum Gasteiger partial charge on any atom is 0.275 e. The lowest BCUT2D eigenvalue weighted by Crippen LogP contribution is -2.60. The van der Waals surface area contributed by atoms with E-state index in [0.29, 0.717) is 0 Å². The van der Waals surface area contributed by atoms with Gasteiger partial charge in [-0.15, -0.1) is 0 Å². The Hall–Kier alpha value is -4.82. The fourth-order valence-electron chi connectivity index (χ4n) is 10.4. The number of aryl methyl sites for hydroxylation is 1. The smallest absolute Gasteiger partial charge is 0.184 e. The Morgan fingerprint density at radius 2 is 1.23 bits per heavy atom. The maximum absolute atomic E-state index is 2.76. The molecule has 0 radical (unpaired) electrons. The fraction of sp³-hybridized carbons (Fsp3) is 0.261. The van der Waals surface area contributed by atoms with Crippen molar-refractivity contribution in [3.05, 3.63) is 156 Å². The summed E-state index contributed by atoms with van der Waals surface area (Å²) in [5.74, 6) is 0. The van der Waals surface area contributed by atoms with Gasteiger partial charge >= 0.3 is 0 Å². The fourth-order valence-corrected chi connectivity index (χ4v) is 10.4. The highest BCUT2D eigenvalue weighted by molar-refractivity contribution is 5.81. The molecule has 0 saturated heterocycles. The lowest BCUT2D eigenvalue weighted by atomic mass is 9.77. The third-order valence-electron chi connectivity index (χ3n) is 12.3. The molecule has 9 rings (SSSR count). The minimum absolute atomic E-state index is 0.0241. The Morgan fingerprint density at radius 3 is 1.92 bits per heavy atom. The van der Waals surface area contributed by atoms with Crippen LogP contribution in [0.3, 0.4) is 0 Å². The second kappa shape index (κ2) is 9.86. The quantitative estimate of drug-likeness (QED) is 0.173. The van der Waals surface area contributed by atoms with Crippen molar-refractivity contribution >= 4 is 0 Å². The molecule has 0 amide bonds. The van der Waals surface area contributed by atoms with Gasteiger partial charge in [-0.05, 0) is 64.8 Å². The summed E-state index contributed by atoms with van der Waals surface area (Å²) in [6.07, 6.45) is 7.09. The lowest BCUT2D eigenvalue weighted by molar-refractivity contribution is -0.799. The van der Waals surface area contributed by atoms with Gasteiger partial charge < -0.3 is 0 Å². The van der Waals surface area contributed by atoms with Crippen LogP contribution in [0.4, 0.5) is 0 Å². The molecule has 1 saturated carbocycles. The van der Waals surface area contributed by atoms with Crippen molar-refractivity contribution < 1.29 is 9.13 Å². The Morgan fingerprint density at radius 1 is 0.542 bits per heavy atom. The summed E-state index contributed by atoms with van der Waals surface area (Å²) in [5.41, 5.74) is 15.5. The van der Waals surface area contributed by atoms with Gasteiger partial charge in [0, 0.05) is 35.2 Å². The van der Waals surface area contributed by atoms with Gasteiger partial charge in [-0.3, -0.25) is 0 Å². The van der Waals surface area contributed by atoms with E-state index in [0.717, 1.165) is 12.8 Å². The SMILES string of the molecule is CCC12c3ccc(-c4ccccc4)cc3-c3ccc(C(C)(C)C)c[n+]3C1(CC)C21c2ccccc2-c2cc(C)c(-c3ccccc3)c[n+]21. The van der Waals surface area contributed by atoms with Crippen molar-refractivity contribution in [3.8, 4) is 44.8 Å². The summed E-state index contributed by atoms with van der Waals surface area (Å²) in [4.78, 5) is 0. The number of aromatic nitrogens is 2. The van der Waals surface area contributed by atoms with Crippen LogP contribution >= 0.6 is 0 Å². The Bertz CT molecular complexity index is 2260. The van der Waals surface area contributed by atoms with Gasteiger partial charge in [0.15, 0.2) is 12.4 Å². The first-order valence-corrected chi connectivity index (χ1v) is 17.7. The average molecular weight is 625 g/mol. The summed E-state index contributed by atoms with van der Waals surface area (Å²) in [6, 6.07) is 45.8. The van der Waals surface area contributed by atoms with Crippen LogP contribution in [0, 0.1) is 6.92 Å². The van der Waals surface area contributed by atoms with Crippen molar-refractivity contribution in [2.45, 2.75) is 76.3 Å². The summed E-state index contributed by atoms with van der Waals surface area (Å²) in [6.45, 7) is 14.2. The zero-order valence-corrected chi connectivity index (χ0v) is 29.0. The van der Waals surface area contributed by atoms with E-state index in [1.54, 1.807) is 0 Å². The predicted molar refractivity (Wildman–Crippen MR) is 196 cm³/mol. The highest BCUT2D eigenvalue weighted by atomic mass is 15.3. The first-order valence-electron chi connectivity index (χ1n) is 17.7. The third kappa shape index (κ3) is 3.34. The third-order valence-corrected chi connectivity index (χ3v) is 12.3. The summed E-state index contributed by atoms with van der Waals surface area (Å²) < 4.78 is 5.50. The molecule has 2 aliphatic heterocycles. The van der Waals surface area contributed by atoms with Crippen LogP contribution in [-0.4, -0.2) is 0 Å². The Balaban J connectivity index is 1.44. The Kier molecular flexibility index (Phi) is 6.02. The van der Waals surface area contributed by atoms with Gasteiger partial charge in [0.1, 0.15) is 5.41 Å². The van der Waals surface area contributed by atoms with Crippen molar-refractivity contribution in [1.82, 2.24) is 0 Å². The van der Waals surface area contributed by atoms with E-state index in [1.807, 2.05) is 0 Å². The van der Waals surface area contributed by atoms with E-state index in [-0.39, 0.29) is 21.9 Å². The highest BCUT2D eigenvalue weighted by Crippen LogP contribution is 2.80. The molecule has 4 heterocycles. The number of nitrogens with zero attached hydrogens (tertiary/aromatic N) is 2. The average Bonchev–Trinajstić information content (AvgIpc) is 3.58. The van der Waals surface area contributed by atoms with E-state index in [1.165, 1.54) is 67.0 Å². The van der Waals surface area contributed by atoms with E-state index >= 15 is 0 Å². The minimum atomic E-state index is -0.303. The molecular formula is C46H44N2+2. The molecule has 1 spiro atoms. The molecule has 3 unspecified atom stereocenters. The topological polar surface area (TPSA) is 7.76 Å². The van der Waals surface area contributed by atoms with E-state index < -0.39 is 0 Å². The number of hydrogen-bond donors (Lipinski definition) is 0. The molecule has 48 heavy (non-hydrogen) atoms. The van der Waals surface area contributed by atoms with Crippen LogP contribution < -0.4 is 9.13 Å². The van der Waals surface area contributed by atoms with Crippen molar-refractivity contribution in [2.75, 3.05) is 0 Å². The van der Waals surface area contributed by atoms with Gasteiger partial charge in [-0.2, -0.15) is 9.13 Å². The van der Waals surface area contributed by atoms with E-state index in [9.17, 15) is 0 Å². The number of benzene rings is 4. The Labute approximate surface area is 285 Å². The van der Waals surface area contributed by atoms with Gasteiger partial charge in [-0.25, -0.2) is 0 Å². The predicted octanol–water partition coefficient (Wildman–Crippen LogP) is 10.1. The summed E-state index contributed by atoms with van der Waals surface area (Å²) in [5, 5.41) is 0. The van der Waals surface area contributed by atoms with Gasteiger partial charge in [0.05, 0.1) is 11.1 Å². The van der Waals surface area contributed by atoms with Gasteiger partial charge in [0.25, 0.3) is 11.1 Å². The second-order valence-electron chi connectivity index (χ2n) is 15.3. The molecule has 2 nitrogen and oxygen atoms in total. The van der Waals surface area contributed by atoms with Gasteiger partial charge in [0.2, 0.25) is 11.4 Å². The minimum Gasteiger partial charge on any atom is -0.184 e. The number of fused-ring (bicyclic) bond motifs is 13. The zero-order chi connectivity index (χ0) is 33.1. The molecule has 3 atom stereocenters. The highest BCUT2D eigenvalue weighted by Gasteiger charge is 3.03. The molecule has 1 aliphatic carbocycles.